The van der Waals surface area contributed by atoms with Gasteiger partial charge in [0.05, 0.1) is 22.3 Å². The largest absolute Gasteiger partial charge is 0.491 e. The van der Waals surface area contributed by atoms with Crippen LogP contribution in [0.5, 0.6) is 5.75 Å². The summed E-state index contributed by atoms with van der Waals surface area (Å²) in [5.74, 6) is 0.874. The van der Waals surface area contributed by atoms with Crippen LogP contribution in [0.15, 0.2) is 23.7 Å². The van der Waals surface area contributed by atoms with Gasteiger partial charge in [0.25, 0.3) is 0 Å². The molecule has 3 rings (SSSR count). The highest BCUT2D eigenvalue weighted by atomic mass is 32.1. The molecule has 0 N–H and O–H groups in total. The summed E-state index contributed by atoms with van der Waals surface area (Å²) in [6.45, 7) is 1.48. The maximum atomic E-state index is 5.55. The highest BCUT2D eigenvalue weighted by Gasteiger charge is 2.23. The molecule has 0 amide bonds. The van der Waals surface area contributed by atoms with Gasteiger partial charge in [0.1, 0.15) is 18.5 Å². The molecule has 3 nitrogen and oxygen atoms in total. The molecule has 1 aliphatic rings. The lowest BCUT2D eigenvalue weighted by Crippen LogP contribution is -2.03. The average molecular weight is 207 g/mol. The van der Waals surface area contributed by atoms with Gasteiger partial charge in [-0.2, -0.15) is 0 Å². The normalized spacial score (nSPS) is 19.9. The fourth-order valence-corrected chi connectivity index (χ4v) is 1.94. The summed E-state index contributed by atoms with van der Waals surface area (Å²) in [5, 5.41) is 0. The highest BCUT2D eigenvalue weighted by molar-refractivity contribution is 7.16. The Morgan fingerprint density at radius 1 is 1.57 bits per heavy atom. The molecule has 2 heterocycles. The first-order valence-corrected chi connectivity index (χ1v) is 5.37. The van der Waals surface area contributed by atoms with Crippen molar-refractivity contribution in [2.75, 3.05) is 13.2 Å². The van der Waals surface area contributed by atoms with Crippen molar-refractivity contribution in [2.24, 2.45) is 0 Å². The van der Waals surface area contributed by atoms with Crippen molar-refractivity contribution in [2.45, 2.75) is 6.10 Å². The lowest BCUT2D eigenvalue weighted by Gasteiger charge is -2.02. The van der Waals surface area contributed by atoms with Gasteiger partial charge in [0.2, 0.25) is 0 Å². The monoisotopic (exact) mass is 207 g/mol. The quantitative estimate of drug-likeness (QED) is 0.723. The summed E-state index contributed by atoms with van der Waals surface area (Å²) in [6, 6.07) is 5.98. The molecule has 1 fully saturated rings. The van der Waals surface area contributed by atoms with Crippen LogP contribution in [-0.2, 0) is 4.74 Å². The topological polar surface area (TPSA) is 34.6 Å². The molecule has 0 unspecified atom stereocenters. The summed E-state index contributed by atoms with van der Waals surface area (Å²) in [6.07, 6.45) is 0.307. The van der Waals surface area contributed by atoms with Crippen LogP contribution in [0.3, 0.4) is 0 Å². The van der Waals surface area contributed by atoms with Gasteiger partial charge in [0.15, 0.2) is 0 Å². The summed E-state index contributed by atoms with van der Waals surface area (Å²) in [7, 11) is 0. The van der Waals surface area contributed by atoms with Crippen molar-refractivity contribution in [3.05, 3.63) is 23.7 Å². The minimum atomic E-state index is 0.307. The third kappa shape index (κ3) is 1.58. The van der Waals surface area contributed by atoms with E-state index in [2.05, 4.69) is 4.98 Å². The lowest BCUT2D eigenvalue weighted by molar-refractivity contribution is 0.263. The van der Waals surface area contributed by atoms with Crippen LogP contribution in [0.4, 0.5) is 0 Å². The first kappa shape index (κ1) is 8.20. The Bertz CT molecular complexity index is 450. The van der Waals surface area contributed by atoms with E-state index in [9.17, 15) is 0 Å². The smallest absolute Gasteiger partial charge is 0.121 e. The van der Waals surface area contributed by atoms with E-state index in [1.54, 1.807) is 11.3 Å². The van der Waals surface area contributed by atoms with Gasteiger partial charge in [0, 0.05) is 6.07 Å². The third-order valence-corrected chi connectivity index (χ3v) is 2.95. The SMILES string of the molecule is c1nc2cc(OC[C@H]3CO3)ccc2s1. The van der Waals surface area contributed by atoms with Gasteiger partial charge in [-0.15, -0.1) is 11.3 Å². The second-order valence-electron chi connectivity index (χ2n) is 3.25. The second kappa shape index (κ2) is 3.22. The number of epoxide rings is 1. The molecule has 2 aromatic rings. The van der Waals surface area contributed by atoms with E-state index in [-0.39, 0.29) is 0 Å². The van der Waals surface area contributed by atoms with Crippen molar-refractivity contribution in [3.63, 3.8) is 0 Å². The molecule has 0 spiro atoms. The van der Waals surface area contributed by atoms with Crippen molar-refractivity contribution < 1.29 is 9.47 Å². The van der Waals surface area contributed by atoms with Crippen LogP contribution in [0.25, 0.3) is 10.2 Å². The van der Waals surface area contributed by atoms with Gasteiger partial charge in [-0.05, 0) is 12.1 Å². The molecule has 0 bridgehead atoms. The van der Waals surface area contributed by atoms with Gasteiger partial charge in [-0.25, -0.2) is 4.98 Å². The lowest BCUT2D eigenvalue weighted by atomic mass is 10.3. The number of nitrogens with zero attached hydrogens (tertiary/aromatic N) is 1. The number of hydrogen-bond donors (Lipinski definition) is 0. The van der Waals surface area contributed by atoms with Crippen LogP contribution >= 0.6 is 11.3 Å². The van der Waals surface area contributed by atoms with Crippen molar-refractivity contribution in [1.82, 2.24) is 4.98 Å². The summed E-state index contributed by atoms with van der Waals surface area (Å²) < 4.78 is 11.8. The van der Waals surface area contributed by atoms with Crippen LogP contribution in [-0.4, -0.2) is 24.3 Å². The van der Waals surface area contributed by atoms with Crippen molar-refractivity contribution >= 4 is 21.6 Å². The summed E-state index contributed by atoms with van der Waals surface area (Å²) in [4.78, 5) is 4.23. The van der Waals surface area contributed by atoms with Gasteiger partial charge in [-0.1, -0.05) is 0 Å². The molecule has 1 aromatic carbocycles. The predicted molar refractivity (Wildman–Crippen MR) is 54.9 cm³/mol. The number of rotatable bonds is 3. The van der Waals surface area contributed by atoms with Crippen LogP contribution in [0.1, 0.15) is 0 Å². The Kier molecular flexibility index (Phi) is 1.89. The Hall–Kier alpha value is -1.13. The molecular formula is C10H9NO2S. The molecular weight excluding hydrogens is 198 g/mol. The summed E-state index contributed by atoms with van der Waals surface area (Å²) in [5.41, 5.74) is 2.85. The Balaban J connectivity index is 1.81. The molecule has 4 heteroatoms. The van der Waals surface area contributed by atoms with Gasteiger partial charge >= 0.3 is 0 Å². The standard InChI is InChI=1S/C10H9NO2S/c1-2-10-9(11-6-14-10)3-7(1)12-4-8-5-13-8/h1-3,6,8H,4-5H2/t8-/m0/s1. The molecule has 14 heavy (non-hydrogen) atoms. The Labute approximate surface area is 85.3 Å². The molecule has 0 saturated carbocycles. The molecule has 1 aromatic heterocycles. The van der Waals surface area contributed by atoms with E-state index >= 15 is 0 Å². The average Bonchev–Trinajstić information content (AvgIpc) is 2.92. The zero-order chi connectivity index (χ0) is 9.38. The maximum absolute atomic E-state index is 5.55. The van der Waals surface area contributed by atoms with Crippen molar-refractivity contribution in [1.29, 1.82) is 0 Å². The van der Waals surface area contributed by atoms with Gasteiger partial charge in [-0.3, -0.25) is 0 Å². The van der Waals surface area contributed by atoms with Crippen LogP contribution in [0, 0.1) is 0 Å². The van der Waals surface area contributed by atoms with E-state index in [0.29, 0.717) is 12.7 Å². The number of ether oxygens (including phenoxy) is 2. The highest BCUT2D eigenvalue weighted by Crippen LogP contribution is 2.23. The molecule has 0 aliphatic carbocycles. The molecule has 1 atom stereocenters. The van der Waals surface area contributed by atoms with Crippen molar-refractivity contribution in [3.8, 4) is 5.75 Å². The van der Waals surface area contributed by atoms with E-state index < -0.39 is 0 Å². The number of thiazole rings is 1. The fraction of sp³-hybridized carbons (Fsp3) is 0.300. The zero-order valence-corrected chi connectivity index (χ0v) is 8.29. The predicted octanol–water partition coefficient (Wildman–Crippen LogP) is 2.07. The number of fused-ring (bicyclic) bond motifs is 1. The first-order chi connectivity index (χ1) is 6.92. The van der Waals surface area contributed by atoms with E-state index in [1.165, 1.54) is 4.70 Å². The van der Waals surface area contributed by atoms with E-state index in [0.717, 1.165) is 17.9 Å². The Morgan fingerprint density at radius 2 is 2.50 bits per heavy atom. The minimum Gasteiger partial charge on any atom is -0.491 e. The van der Waals surface area contributed by atoms with Gasteiger partial charge < -0.3 is 9.47 Å². The zero-order valence-electron chi connectivity index (χ0n) is 7.47. The third-order valence-electron chi connectivity index (χ3n) is 2.14. The van der Waals surface area contributed by atoms with Crippen LogP contribution < -0.4 is 4.74 Å². The molecule has 1 saturated heterocycles. The fourth-order valence-electron chi connectivity index (χ4n) is 1.28. The molecule has 1 aliphatic heterocycles. The molecule has 72 valence electrons. The number of benzene rings is 1. The number of aromatic nitrogens is 1. The van der Waals surface area contributed by atoms with Crippen LogP contribution in [0.2, 0.25) is 0 Å². The summed E-state index contributed by atoms with van der Waals surface area (Å²) >= 11 is 1.64. The second-order valence-corrected chi connectivity index (χ2v) is 4.13. The maximum Gasteiger partial charge on any atom is 0.121 e. The van der Waals surface area contributed by atoms with E-state index in [4.69, 9.17) is 9.47 Å². The first-order valence-electron chi connectivity index (χ1n) is 4.49. The Morgan fingerprint density at radius 3 is 3.36 bits per heavy atom. The number of hydrogen-bond acceptors (Lipinski definition) is 4. The minimum absolute atomic E-state index is 0.307. The van der Waals surface area contributed by atoms with E-state index in [1.807, 2.05) is 23.7 Å². The molecule has 0 radical (unpaired) electrons.